The molecule has 162 valence electrons. The molecule has 0 bridgehead atoms. The largest absolute Gasteiger partial charge is 0.416 e. The average molecular weight is 422 g/mol. The number of nitrogens with one attached hydrogen (secondary N) is 1. The van der Waals surface area contributed by atoms with Gasteiger partial charge in [-0.05, 0) is 29.3 Å². The molecule has 2 aromatic rings. The molecule has 1 heterocycles. The Bertz CT molecular complexity index is 834. The Morgan fingerprint density at radius 2 is 1.80 bits per heavy atom. The SMILES string of the molecule is COCc1ccccc1C(=O)NCC(c1ccc(C(F)(F)F)cc1)N1CCOCC1. The van der Waals surface area contributed by atoms with E-state index in [1.807, 2.05) is 12.1 Å². The lowest BCUT2D eigenvalue weighted by Crippen LogP contribution is -2.44. The molecule has 1 aliphatic rings. The first-order valence-electron chi connectivity index (χ1n) is 9.74. The molecule has 1 unspecified atom stereocenters. The second kappa shape index (κ2) is 10.1. The summed E-state index contributed by atoms with van der Waals surface area (Å²) >= 11 is 0. The van der Waals surface area contributed by atoms with E-state index < -0.39 is 11.7 Å². The van der Waals surface area contributed by atoms with E-state index in [0.29, 0.717) is 38.5 Å². The molecule has 1 amide bonds. The van der Waals surface area contributed by atoms with Crippen molar-refractivity contribution in [1.82, 2.24) is 10.2 Å². The molecule has 0 radical (unpaired) electrons. The third kappa shape index (κ3) is 5.59. The summed E-state index contributed by atoms with van der Waals surface area (Å²) in [6, 6.07) is 12.0. The fraction of sp³-hybridized carbons (Fsp3) is 0.409. The standard InChI is InChI=1S/C22H25F3N2O3/c1-29-15-17-4-2-3-5-19(17)21(28)26-14-20(27-10-12-30-13-11-27)16-6-8-18(9-7-16)22(23,24)25/h2-9,20H,10-15H2,1H3,(H,26,28). The highest BCUT2D eigenvalue weighted by atomic mass is 19.4. The fourth-order valence-corrected chi connectivity index (χ4v) is 3.55. The highest BCUT2D eigenvalue weighted by molar-refractivity contribution is 5.95. The van der Waals surface area contributed by atoms with Crippen LogP contribution in [0, 0.1) is 0 Å². The minimum atomic E-state index is -4.38. The quantitative estimate of drug-likeness (QED) is 0.740. The van der Waals surface area contributed by atoms with Gasteiger partial charge in [0.1, 0.15) is 0 Å². The van der Waals surface area contributed by atoms with E-state index in [1.54, 1.807) is 19.2 Å². The molecule has 1 saturated heterocycles. The fourth-order valence-electron chi connectivity index (χ4n) is 3.55. The van der Waals surface area contributed by atoms with Crippen LogP contribution in [0.2, 0.25) is 0 Å². The maximum absolute atomic E-state index is 12.9. The number of benzene rings is 2. The van der Waals surface area contributed by atoms with Gasteiger partial charge in [0.25, 0.3) is 5.91 Å². The summed E-state index contributed by atoms with van der Waals surface area (Å²) in [5.41, 5.74) is 1.32. The molecule has 0 saturated carbocycles. The number of carbonyl (C=O) groups excluding carboxylic acids is 1. The molecule has 0 aliphatic carbocycles. The lowest BCUT2D eigenvalue weighted by Gasteiger charge is -2.35. The Labute approximate surface area is 173 Å². The van der Waals surface area contributed by atoms with Crippen LogP contribution in [0.4, 0.5) is 13.2 Å². The van der Waals surface area contributed by atoms with Crippen LogP contribution < -0.4 is 5.32 Å². The smallest absolute Gasteiger partial charge is 0.380 e. The summed E-state index contributed by atoms with van der Waals surface area (Å²) in [4.78, 5) is 14.9. The zero-order valence-electron chi connectivity index (χ0n) is 16.7. The predicted molar refractivity (Wildman–Crippen MR) is 106 cm³/mol. The summed E-state index contributed by atoms with van der Waals surface area (Å²) in [6.45, 7) is 2.95. The molecular weight excluding hydrogens is 397 g/mol. The van der Waals surface area contributed by atoms with Gasteiger partial charge in [-0.2, -0.15) is 13.2 Å². The van der Waals surface area contributed by atoms with Crippen molar-refractivity contribution in [3.8, 4) is 0 Å². The lowest BCUT2D eigenvalue weighted by atomic mass is 10.0. The van der Waals surface area contributed by atoms with Crippen LogP contribution in [-0.4, -0.2) is 50.8 Å². The van der Waals surface area contributed by atoms with Crippen LogP contribution in [0.25, 0.3) is 0 Å². The molecule has 3 rings (SSSR count). The summed E-state index contributed by atoms with van der Waals surface area (Å²) in [5.74, 6) is -0.243. The van der Waals surface area contributed by atoms with Gasteiger partial charge in [-0.1, -0.05) is 30.3 Å². The van der Waals surface area contributed by atoms with Gasteiger partial charge < -0.3 is 14.8 Å². The maximum Gasteiger partial charge on any atom is 0.416 e. The van der Waals surface area contributed by atoms with Crippen molar-refractivity contribution in [2.75, 3.05) is 40.0 Å². The van der Waals surface area contributed by atoms with Crippen LogP contribution in [0.15, 0.2) is 48.5 Å². The number of hydrogen-bond acceptors (Lipinski definition) is 4. The molecular formula is C22H25F3N2O3. The number of alkyl halides is 3. The lowest BCUT2D eigenvalue weighted by molar-refractivity contribution is -0.137. The number of ether oxygens (including phenoxy) is 2. The Hall–Kier alpha value is -2.42. The van der Waals surface area contributed by atoms with Crippen molar-refractivity contribution in [3.63, 3.8) is 0 Å². The monoisotopic (exact) mass is 422 g/mol. The van der Waals surface area contributed by atoms with Gasteiger partial charge in [-0.3, -0.25) is 9.69 Å². The maximum atomic E-state index is 12.9. The zero-order valence-corrected chi connectivity index (χ0v) is 16.7. The van der Waals surface area contributed by atoms with Gasteiger partial charge in [0.05, 0.1) is 31.4 Å². The second-order valence-electron chi connectivity index (χ2n) is 7.08. The van der Waals surface area contributed by atoms with Crippen LogP contribution in [0.1, 0.15) is 33.1 Å². The molecule has 1 fully saturated rings. The van der Waals surface area contributed by atoms with Crippen molar-refractivity contribution < 1.29 is 27.4 Å². The van der Waals surface area contributed by atoms with Crippen LogP contribution in [0.3, 0.4) is 0 Å². The Kier molecular flexibility index (Phi) is 7.47. The topological polar surface area (TPSA) is 50.8 Å². The van der Waals surface area contributed by atoms with Crippen LogP contribution >= 0.6 is 0 Å². The van der Waals surface area contributed by atoms with Crippen molar-refractivity contribution in [2.24, 2.45) is 0 Å². The summed E-state index contributed by atoms with van der Waals surface area (Å²) in [7, 11) is 1.56. The normalized spacial score (nSPS) is 16.3. The number of carbonyl (C=O) groups is 1. The average Bonchev–Trinajstić information content (AvgIpc) is 2.75. The number of halogens is 3. The highest BCUT2D eigenvalue weighted by Crippen LogP contribution is 2.31. The molecule has 0 aromatic heterocycles. The Morgan fingerprint density at radius 3 is 2.43 bits per heavy atom. The summed E-state index contributed by atoms with van der Waals surface area (Å²) < 4.78 is 49.3. The van der Waals surface area contributed by atoms with Crippen LogP contribution in [0.5, 0.6) is 0 Å². The van der Waals surface area contributed by atoms with Crippen molar-refractivity contribution >= 4 is 5.91 Å². The first kappa shape index (κ1) is 22.3. The zero-order chi connectivity index (χ0) is 21.6. The first-order chi connectivity index (χ1) is 14.4. The van der Waals surface area contributed by atoms with Gasteiger partial charge in [-0.25, -0.2) is 0 Å². The van der Waals surface area contributed by atoms with E-state index in [2.05, 4.69) is 10.2 Å². The first-order valence-corrected chi connectivity index (χ1v) is 9.74. The van der Waals surface area contributed by atoms with Gasteiger partial charge in [0, 0.05) is 32.3 Å². The van der Waals surface area contributed by atoms with E-state index in [0.717, 1.165) is 23.3 Å². The molecule has 1 aliphatic heterocycles. The molecule has 30 heavy (non-hydrogen) atoms. The van der Waals surface area contributed by atoms with E-state index in [-0.39, 0.29) is 18.5 Å². The van der Waals surface area contributed by atoms with Crippen molar-refractivity contribution in [1.29, 1.82) is 0 Å². The van der Waals surface area contributed by atoms with Crippen molar-refractivity contribution in [2.45, 2.75) is 18.8 Å². The number of nitrogens with zero attached hydrogens (tertiary/aromatic N) is 1. The van der Waals surface area contributed by atoms with E-state index in [9.17, 15) is 18.0 Å². The number of morpholine rings is 1. The summed E-state index contributed by atoms with van der Waals surface area (Å²) in [6.07, 6.45) is -4.38. The molecule has 5 nitrogen and oxygen atoms in total. The van der Waals surface area contributed by atoms with Gasteiger partial charge in [0.15, 0.2) is 0 Å². The van der Waals surface area contributed by atoms with Gasteiger partial charge >= 0.3 is 6.18 Å². The summed E-state index contributed by atoms with van der Waals surface area (Å²) in [5, 5.41) is 2.94. The van der Waals surface area contributed by atoms with E-state index in [4.69, 9.17) is 9.47 Å². The minimum Gasteiger partial charge on any atom is -0.380 e. The highest BCUT2D eigenvalue weighted by Gasteiger charge is 2.31. The number of rotatable bonds is 7. The van der Waals surface area contributed by atoms with E-state index in [1.165, 1.54) is 12.1 Å². The second-order valence-corrected chi connectivity index (χ2v) is 7.08. The number of amides is 1. The third-order valence-electron chi connectivity index (χ3n) is 5.13. The Morgan fingerprint density at radius 1 is 1.13 bits per heavy atom. The predicted octanol–water partition coefficient (Wildman–Crippen LogP) is 3.66. The molecule has 0 spiro atoms. The molecule has 8 heteroatoms. The third-order valence-corrected chi connectivity index (χ3v) is 5.13. The molecule has 1 N–H and O–H groups in total. The number of methoxy groups -OCH3 is 1. The van der Waals surface area contributed by atoms with Gasteiger partial charge in [-0.15, -0.1) is 0 Å². The van der Waals surface area contributed by atoms with Gasteiger partial charge in [0.2, 0.25) is 0 Å². The molecule has 1 atom stereocenters. The van der Waals surface area contributed by atoms with Crippen molar-refractivity contribution in [3.05, 3.63) is 70.8 Å². The Balaban J connectivity index is 1.77. The minimum absolute atomic E-state index is 0.243. The van der Waals surface area contributed by atoms with E-state index >= 15 is 0 Å². The molecule has 2 aromatic carbocycles. The van der Waals surface area contributed by atoms with Crippen LogP contribution in [-0.2, 0) is 22.3 Å². The number of hydrogen-bond donors (Lipinski definition) is 1.